The van der Waals surface area contributed by atoms with Gasteiger partial charge in [0.2, 0.25) is 0 Å². The maximum atomic E-state index is 12.9. The molecule has 72 valence electrons. The van der Waals surface area contributed by atoms with Gasteiger partial charge in [-0.25, -0.2) is 4.39 Å². The number of nitrogens with one attached hydrogen (secondary N) is 1. The van der Waals surface area contributed by atoms with Crippen molar-refractivity contribution in [3.63, 3.8) is 0 Å². The van der Waals surface area contributed by atoms with Crippen LogP contribution in [0, 0.1) is 5.82 Å². The number of halogens is 1. The average Bonchev–Trinajstić information content (AvgIpc) is 2.46. The highest BCUT2D eigenvalue weighted by molar-refractivity contribution is 7.80. The van der Waals surface area contributed by atoms with Crippen molar-refractivity contribution < 1.29 is 9.18 Å². The minimum absolute atomic E-state index is 0.166. The lowest BCUT2D eigenvalue weighted by atomic mass is 10.3. The SMILES string of the molecule is O=C1CNC(=S)N1c1cccc(F)c1. The molecule has 1 aromatic rings. The molecule has 0 aliphatic carbocycles. The zero-order chi connectivity index (χ0) is 10.1. The van der Waals surface area contributed by atoms with E-state index in [9.17, 15) is 9.18 Å². The van der Waals surface area contributed by atoms with Crippen LogP contribution in [0.3, 0.4) is 0 Å². The first kappa shape index (κ1) is 9.08. The predicted molar refractivity (Wildman–Crippen MR) is 54.5 cm³/mol. The first-order valence-electron chi connectivity index (χ1n) is 4.05. The number of thiocarbonyl (C=S) groups is 1. The molecule has 1 aromatic carbocycles. The molecule has 2 rings (SSSR count). The number of anilines is 1. The monoisotopic (exact) mass is 210 g/mol. The highest BCUT2D eigenvalue weighted by Gasteiger charge is 2.26. The van der Waals surface area contributed by atoms with Crippen molar-refractivity contribution in [3.8, 4) is 0 Å². The maximum Gasteiger partial charge on any atom is 0.252 e. The van der Waals surface area contributed by atoms with E-state index < -0.39 is 0 Å². The quantitative estimate of drug-likeness (QED) is 0.703. The molecular weight excluding hydrogens is 203 g/mol. The van der Waals surface area contributed by atoms with Crippen LogP contribution in [-0.4, -0.2) is 17.6 Å². The summed E-state index contributed by atoms with van der Waals surface area (Å²) in [5, 5.41) is 3.04. The smallest absolute Gasteiger partial charge is 0.252 e. The van der Waals surface area contributed by atoms with Crippen LogP contribution >= 0.6 is 12.2 Å². The van der Waals surface area contributed by atoms with Gasteiger partial charge < -0.3 is 5.32 Å². The summed E-state index contributed by atoms with van der Waals surface area (Å²) in [7, 11) is 0. The molecule has 1 heterocycles. The number of nitrogens with zero attached hydrogens (tertiary/aromatic N) is 1. The van der Waals surface area contributed by atoms with Crippen LogP contribution in [0.5, 0.6) is 0 Å². The summed E-state index contributed by atoms with van der Waals surface area (Å²) < 4.78 is 12.9. The van der Waals surface area contributed by atoms with Crippen LogP contribution in [-0.2, 0) is 4.79 Å². The summed E-state index contributed by atoms with van der Waals surface area (Å²) in [6, 6.07) is 5.77. The van der Waals surface area contributed by atoms with Gasteiger partial charge in [0.05, 0.1) is 12.2 Å². The van der Waals surface area contributed by atoms with E-state index in [2.05, 4.69) is 5.32 Å². The highest BCUT2D eigenvalue weighted by atomic mass is 32.1. The molecule has 3 nitrogen and oxygen atoms in total. The fraction of sp³-hybridized carbons (Fsp3) is 0.111. The van der Waals surface area contributed by atoms with Crippen molar-refractivity contribution in [1.29, 1.82) is 0 Å². The van der Waals surface area contributed by atoms with Crippen LogP contribution in [0.4, 0.5) is 10.1 Å². The lowest BCUT2D eigenvalue weighted by Gasteiger charge is -2.14. The minimum atomic E-state index is -0.384. The molecule has 14 heavy (non-hydrogen) atoms. The number of hydrogen-bond donors (Lipinski definition) is 1. The molecule has 1 N–H and O–H groups in total. The molecular formula is C9H7FN2OS. The fourth-order valence-corrected chi connectivity index (χ4v) is 1.58. The van der Waals surface area contributed by atoms with E-state index >= 15 is 0 Å². The van der Waals surface area contributed by atoms with Crippen LogP contribution in [0.1, 0.15) is 0 Å². The second-order valence-corrected chi connectivity index (χ2v) is 3.25. The Morgan fingerprint density at radius 1 is 1.50 bits per heavy atom. The number of carbonyl (C=O) groups excluding carboxylic acids is 1. The molecule has 0 saturated carbocycles. The van der Waals surface area contributed by atoms with Crippen LogP contribution in [0.15, 0.2) is 24.3 Å². The topological polar surface area (TPSA) is 32.3 Å². The van der Waals surface area contributed by atoms with Crippen LogP contribution < -0.4 is 10.2 Å². The summed E-state index contributed by atoms with van der Waals surface area (Å²) in [4.78, 5) is 12.6. The zero-order valence-electron chi connectivity index (χ0n) is 7.16. The molecule has 0 spiro atoms. The number of benzene rings is 1. The number of carbonyl (C=O) groups is 1. The van der Waals surface area contributed by atoms with Gasteiger partial charge in [0.25, 0.3) is 5.91 Å². The van der Waals surface area contributed by atoms with Crippen LogP contribution in [0.2, 0.25) is 0 Å². The highest BCUT2D eigenvalue weighted by Crippen LogP contribution is 2.17. The lowest BCUT2D eigenvalue weighted by Crippen LogP contribution is -2.30. The molecule has 0 radical (unpaired) electrons. The molecule has 1 aliphatic rings. The molecule has 0 atom stereocenters. The normalized spacial score (nSPS) is 15.9. The molecule has 1 saturated heterocycles. The summed E-state index contributed by atoms with van der Waals surface area (Å²) in [6.07, 6.45) is 0. The molecule has 1 aliphatic heterocycles. The number of rotatable bonds is 1. The third-order valence-corrected chi connectivity index (χ3v) is 2.24. The molecule has 0 unspecified atom stereocenters. The molecule has 5 heteroatoms. The summed E-state index contributed by atoms with van der Waals surface area (Å²) in [5.74, 6) is -0.550. The van der Waals surface area contributed by atoms with Crippen molar-refractivity contribution in [3.05, 3.63) is 30.1 Å². The first-order chi connectivity index (χ1) is 6.68. The molecule has 0 bridgehead atoms. The number of amides is 1. The van der Waals surface area contributed by atoms with E-state index in [4.69, 9.17) is 12.2 Å². The van der Waals surface area contributed by atoms with Gasteiger partial charge in [0.15, 0.2) is 5.11 Å². The lowest BCUT2D eigenvalue weighted by molar-refractivity contribution is -0.115. The van der Waals surface area contributed by atoms with Crippen molar-refractivity contribution in [2.45, 2.75) is 0 Å². The van der Waals surface area contributed by atoms with Crippen molar-refractivity contribution >= 4 is 28.9 Å². The Morgan fingerprint density at radius 3 is 2.86 bits per heavy atom. The largest absolute Gasteiger partial charge is 0.353 e. The van der Waals surface area contributed by atoms with E-state index in [1.54, 1.807) is 12.1 Å². The minimum Gasteiger partial charge on any atom is -0.353 e. The first-order valence-corrected chi connectivity index (χ1v) is 4.45. The van der Waals surface area contributed by atoms with Gasteiger partial charge in [-0.1, -0.05) is 6.07 Å². The van der Waals surface area contributed by atoms with E-state index in [0.29, 0.717) is 10.8 Å². The molecule has 1 fully saturated rings. The van der Waals surface area contributed by atoms with E-state index in [-0.39, 0.29) is 18.3 Å². The second kappa shape index (κ2) is 3.34. The van der Waals surface area contributed by atoms with Crippen LogP contribution in [0.25, 0.3) is 0 Å². The Balaban J connectivity index is 2.39. The second-order valence-electron chi connectivity index (χ2n) is 2.87. The van der Waals surface area contributed by atoms with Crippen molar-refractivity contribution in [2.24, 2.45) is 0 Å². The van der Waals surface area contributed by atoms with Gasteiger partial charge in [-0.05, 0) is 30.4 Å². The standard InChI is InChI=1S/C9H7FN2OS/c10-6-2-1-3-7(4-6)12-8(13)5-11-9(12)14/h1-4H,5H2,(H,11,14). The Bertz CT molecular complexity index is 392. The van der Waals surface area contributed by atoms with Gasteiger partial charge in [-0.2, -0.15) is 0 Å². The van der Waals surface area contributed by atoms with E-state index in [0.717, 1.165) is 0 Å². The van der Waals surface area contributed by atoms with E-state index in [1.165, 1.54) is 17.0 Å². The summed E-state index contributed by atoms with van der Waals surface area (Å²) in [6.45, 7) is 0.176. The summed E-state index contributed by atoms with van der Waals surface area (Å²) >= 11 is 4.91. The van der Waals surface area contributed by atoms with E-state index in [1.807, 2.05) is 0 Å². The third-order valence-electron chi connectivity index (χ3n) is 1.91. The number of hydrogen-bond acceptors (Lipinski definition) is 2. The Hall–Kier alpha value is -1.49. The fourth-order valence-electron chi connectivity index (χ4n) is 1.30. The zero-order valence-corrected chi connectivity index (χ0v) is 7.97. The van der Waals surface area contributed by atoms with Gasteiger partial charge in [0.1, 0.15) is 5.82 Å². The van der Waals surface area contributed by atoms with Crippen molar-refractivity contribution in [1.82, 2.24) is 5.32 Å². The predicted octanol–water partition coefficient (Wildman–Crippen LogP) is 1.05. The Morgan fingerprint density at radius 2 is 2.29 bits per heavy atom. The van der Waals surface area contributed by atoms with Gasteiger partial charge in [-0.15, -0.1) is 0 Å². The molecule has 0 aromatic heterocycles. The summed E-state index contributed by atoms with van der Waals surface area (Å²) in [5.41, 5.74) is 0.463. The Kier molecular flexibility index (Phi) is 2.17. The van der Waals surface area contributed by atoms with Crippen molar-refractivity contribution in [2.75, 3.05) is 11.4 Å². The maximum absolute atomic E-state index is 12.9. The third kappa shape index (κ3) is 1.46. The average molecular weight is 210 g/mol. The van der Waals surface area contributed by atoms with Gasteiger partial charge >= 0.3 is 0 Å². The Labute approximate surface area is 85.5 Å². The van der Waals surface area contributed by atoms with Gasteiger partial charge in [0, 0.05) is 0 Å². The van der Waals surface area contributed by atoms with Gasteiger partial charge in [-0.3, -0.25) is 9.69 Å². The molecule has 1 amide bonds.